The van der Waals surface area contributed by atoms with E-state index >= 15 is 0 Å². The van der Waals surface area contributed by atoms with Gasteiger partial charge in [0.05, 0.1) is 17.3 Å². The predicted molar refractivity (Wildman–Crippen MR) is 83.4 cm³/mol. The number of nitrogen functional groups attached to an aromatic ring is 1. The molecule has 1 aromatic carbocycles. The first-order valence-corrected chi connectivity index (χ1v) is 8.68. The van der Waals surface area contributed by atoms with Gasteiger partial charge in [0.15, 0.2) is 0 Å². The molecule has 0 saturated heterocycles. The number of nitrogens with one attached hydrogen (secondary N) is 1. The molecule has 0 aliphatic rings. The average Bonchev–Trinajstić information content (AvgIpc) is 2.90. The lowest BCUT2D eigenvalue weighted by Crippen LogP contribution is -2.34. The number of rotatable bonds is 5. The third kappa shape index (κ3) is 3.82. The molecular weight excluding hydrogens is 306 g/mol. The van der Waals surface area contributed by atoms with Gasteiger partial charge in [0, 0.05) is 6.04 Å². The van der Waals surface area contributed by atoms with Crippen LogP contribution in [0.25, 0.3) is 0 Å². The summed E-state index contributed by atoms with van der Waals surface area (Å²) in [5.41, 5.74) is 7.22. The molecule has 0 aliphatic carbocycles. The van der Waals surface area contributed by atoms with E-state index in [1.54, 1.807) is 18.3 Å². The van der Waals surface area contributed by atoms with Gasteiger partial charge in [0.25, 0.3) is 0 Å². The second kappa shape index (κ2) is 6.26. The molecule has 1 heterocycles. The van der Waals surface area contributed by atoms with E-state index in [4.69, 9.17) is 11.0 Å². The van der Waals surface area contributed by atoms with E-state index < -0.39 is 10.0 Å². The summed E-state index contributed by atoms with van der Waals surface area (Å²) in [6.07, 6.45) is 0.610. The molecule has 1 aromatic heterocycles. The first-order valence-electron chi connectivity index (χ1n) is 6.25. The van der Waals surface area contributed by atoms with Crippen LogP contribution >= 0.6 is 11.3 Å². The lowest BCUT2D eigenvalue weighted by Gasteiger charge is -2.15. The highest BCUT2D eigenvalue weighted by Gasteiger charge is 2.20. The third-order valence-corrected chi connectivity index (χ3v) is 5.30. The van der Waals surface area contributed by atoms with Gasteiger partial charge in [-0.05, 0) is 53.9 Å². The number of nitriles is 1. The molecule has 7 heteroatoms. The molecule has 0 amide bonds. The highest BCUT2D eigenvalue weighted by molar-refractivity contribution is 7.89. The van der Waals surface area contributed by atoms with Gasteiger partial charge in [-0.1, -0.05) is 0 Å². The van der Waals surface area contributed by atoms with Gasteiger partial charge < -0.3 is 5.73 Å². The summed E-state index contributed by atoms with van der Waals surface area (Å²) < 4.78 is 27.2. The van der Waals surface area contributed by atoms with Gasteiger partial charge in [-0.3, -0.25) is 0 Å². The Morgan fingerprint density at radius 2 is 2.19 bits per heavy atom. The maximum Gasteiger partial charge on any atom is 0.242 e. The number of hydrogen-bond donors (Lipinski definition) is 2. The molecular formula is C14H15N3O2S2. The van der Waals surface area contributed by atoms with E-state index in [0.717, 1.165) is 5.56 Å². The number of nitrogens with two attached hydrogens (primary N) is 1. The Morgan fingerprint density at radius 3 is 2.76 bits per heavy atom. The normalized spacial score (nSPS) is 12.8. The van der Waals surface area contributed by atoms with Gasteiger partial charge in [-0.25, -0.2) is 13.1 Å². The van der Waals surface area contributed by atoms with Crippen molar-refractivity contribution in [2.24, 2.45) is 0 Å². The van der Waals surface area contributed by atoms with Crippen LogP contribution in [-0.4, -0.2) is 14.5 Å². The van der Waals surface area contributed by atoms with Crippen molar-refractivity contribution in [2.45, 2.75) is 24.3 Å². The van der Waals surface area contributed by atoms with Crippen LogP contribution in [0.1, 0.15) is 18.1 Å². The van der Waals surface area contributed by atoms with Crippen molar-refractivity contribution in [3.8, 4) is 6.07 Å². The predicted octanol–water partition coefficient (Wildman–Crippen LogP) is 2.11. The Balaban J connectivity index is 2.16. The first-order chi connectivity index (χ1) is 9.92. The van der Waals surface area contributed by atoms with Crippen molar-refractivity contribution in [3.63, 3.8) is 0 Å². The van der Waals surface area contributed by atoms with Crippen molar-refractivity contribution >= 4 is 27.0 Å². The highest BCUT2D eigenvalue weighted by atomic mass is 32.2. The van der Waals surface area contributed by atoms with Gasteiger partial charge in [-0.2, -0.15) is 16.6 Å². The molecule has 21 heavy (non-hydrogen) atoms. The molecule has 2 rings (SSSR count). The monoisotopic (exact) mass is 321 g/mol. The minimum absolute atomic E-state index is 0.00123. The summed E-state index contributed by atoms with van der Waals surface area (Å²) in [6, 6.07) is 7.79. The molecule has 0 aliphatic heterocycles. The topological polar surface area (TPSA) is 96.0 Å². The van der Waals surface area contributed by atoms with Crippen LogP contribution in [0.5, 0.6) is 0 Å². The zero-order valence-corrected chi connectivity index (χ0v) is 13.0. The average molecular weight is 321 g/mol. The SMILES string of the molecule is CC(Cc1ccsc1)NS(=O)(=O)c1ccc(C#N)cc1N. The third-order valence-electron chi connectivity index (χ3n) is 2.91. The van der Waals surface area contributed by atoms with Crippen LogP contribution in [0.2, 0.25) is 0 Å². The van der Waals surface area contributed by atoms with E-state index in [9.17, 15) is 8.42 Å². The Bertz CT molecular complexity index is 762. The zero-order valence-electron chi connectivity index (χ0n) is 11.4. The number of nitrogens with zero attached hydrogens (tertiary/aromatic N) is 1. The first kappa shape index (κ1) is 15.5. The lowest BCUT2D eigenvalue weighted by atomic mass is 10.1. The minimum atomic E-state index is -3.70. The van der Waals surface area contributed by atoms with Crippen molar-refractivity contribution in [1.82, 2.24) is 4.72 Å². The molecule has 0 saturated carbocycles. The molecule has 1 atom stereocenters. The van der Waals surface area contributed by atoms with E-state index in [1.807, 2.05) is 22.9 Å². The summed E-state index contributed by atoms with van der Waals surface area (Å²) >= 11 is 1.57. The van der Waals surface area contributed by atoms with E-state index in [0.29, 0.717) is 12.0 Å². The molecule has 0 spiro atoms. The zero-order chi connectivity index (χ0) is 15.5. The van der Waals surface area contributed by atoms with E-state index in [2.05, 4.69) is 4.72 Å². The van der Waals surface area contributed by atoms with E-state index in [-0.39, 0.29) is 16.6 Å². The summed E-state index contributed by atoms with van der Waals surface area (Å²) in [7, 11) is -3.70. The van der Waals surface area contributed by atoms with Crippen LogP contribution in [0.4, 0.5) is 5.69 Å². The Morgan fingerprint density at radius 1 is 1.43 bits per heavy atom. The van der Waals surface area contributed by atoms with Crippen molar-refractivity contribution in [2.75, 3.05) is 5.73 Å². The number of hydrogen-bond acceptors (Lipinski definition) is 5. The minimum Gasteiger partial charge on any atom is -0.398 e. The summed E-state index contributed by atoms with van der Waals surface area (Å²) in [5.74, 6) is 0. The molecule has 5 nitrogen and oxygen atoms in total. The van der Waals surface area contributed by atoms with Gasteiger partial charge >= 0.3 is 0 Å². The standard InChI is InChI=1S/C14H15N3O2S2/c1-10(6-12-4-5-20-9-12)17-21(18,19)14-3-2-11(8-15)7-13(14)16/h2-5,7,9-10,17H,6,16H2,1H3. The fourth-order valence-corrected chi connectivity index (χ4v) is 4.03. The maximum atomic E-state index is 12.3. The molecule has 3 N–H and O–H groups in total. The molecule has 2 aromatic rings. The second-order valence-corrected chi connectivity index (χ2v) is 7.18. The fourth-order valence-electron chi connectivity index (χ4n) is 2.00. The number of anilines is 1. The summed E-state index contributed by atoms with van der Waals surface area (Å²) in [5, 5.41) is 12.7. The maximum absolute atomic E-state index is 12.3. The van der Waals surface area contributed by atoms with Gasteiger partial charge in [0.2, 0.25) is 10.0 Å². The van der Waals surface area contributed by atoms with Gasteiger partial charge in [-0.15, -0.1) is 0 Å². The highest BCUT2D eigenvalue weighted by Crippen LogP contribution is 2.20. The van der Waals surface area contributed by atoms with Crippen LogP contribution in [-0.2, 0) is 16.4 Å². The Hall–Kier alpha value is -1.88. The second-order valence-electron chi connectivity index (χ2n) is 4.72. The van der Waals surface area contributed by atoms with Crippen molar-refractivity contribution < 1.29 is 8.42 Å². The van der Waals surface area contributed by atoms with Crippen LogP contribution in [0, 0.1) is 11.3 Å². The molecule has 110 valence electrons. The number of benzene rings is 1. The molecule has 0 bridgehead atoms. The van der Waals surface area contributed by atoms with E-state index in [1.165, 1.54) is 18.2 Å². The molecule has 0 fully saturated rings. The van der Waals surface area contributed by atoms with Crippen LogP contribution in [0.3, 0.4) is 0 Å². The number of thiophene rings is 1. The summed E-state index contributed by atoms with van der Waals surface area (Å²) in [4.78, 5) is -0.00123. The molecule has 1 unspecified atom stereocenters. The lowest BCUT2D eigenvalue weighted by molar-refractivity contribution is 0.560. The van der Waals surface area contributed by atoms with Crippen LogP contribution in [0.15, 0.2) is 39.9 Å². The van der Waals surface area contributed by atoms with Crippen molar-refractivity contribution in [3.05, 3.63) is 46.2 Å². The van der Waals surface area contributed by atoms with Crippen LogP contribution < -0.4 is 10.5 Å². The van der Waals surface area contributed by atoms with Gasteiger partial charge in [0.1, 0.15) is 4.90 Å². The Kier molecular flexibility index (Phi) is 4.63. The molecule has 0 radical (unpaired) electrons. The smallest absolute Gasteiger partial charge is 0.242 e. The van der Waals surface area contributed by atoms with Crippen molar-refractivity contribution in [1.29, 1.82) is 5.26 Å². The largest absolute Gasteiger partial charge is 0.398 e. The summed E-state index contributed by atoms with van der Waals surface area (Å²) in [6.45, 7) is 1.80. The fraction of sp³-hybridized carbons (Fsp3) is 0.214. The Labute approximate surface area is 128 Å². The quantitative estimate of drug-likeness (QED) is 0.824. The number of sulfonamides is 1.